The fourth-order valence-corrected chi connectivity index (χ4v) is 3.27. The van der Waals surface area contributed by atoms with E-state index in [9.17, 15) is 0 Å². The smallest absolute Gasteiger partial charge is 0.119 e. The van der Waals surface area contributed by atoms with Gasteiger partial charge in [0.2, 0.25) is 0 Å². The summed E-state index contributed by atoms with van der Waals surface area (Å²) in [5.41, 5.74) is 9.04. The largest absolute Gasteiger partial charge is 0.497 e. The Bertz CT molecular complexity index is 470. The summed E-state index contributed by atoms with van der Waals surface area (Å²) < 4.78 is 5.37. The Labute approximate surface area is 129 Å². The van der Waals surface area contributed by atoms with Crippen molar-refractivity contribution in [2.24, 2.45) is 11.1 Å². The second kappa shape index (κ2) is 6.80. The van der Waals surface area contributed by atoms with Gasteiger partial charge in [-0.3, -0.25) is 4.90 Å². The van der Waals surface area contributed by atoms with E-state index < -0.39 is 0 Å². The lowest BCUT2D eigenvalue weighted by molar-refractivity contribution is 0.128. The summed E-state index contributed by atoms with van der Waals surface area (Å²) in [5.74, 6) is 0.972. The van der Waals surface area contributed by atoms with E-state index >= 15 is 0 Å². The van der Waals surface area contributed by atoms with Gasteiger partial charge in [0.1, 0.15) is 5.75 Å². The quantitative estimate of drug-likeness (QED) is 0.875. The Morgan fingerprint density at radius 3 is 2.71 bits per heavy atom. The van der Waals surface area contributed by atoms with Crippen LogP contribution in [0.5, 0.6) is 5.75 Å². The lowest BCUT2D eigenvalue weighted by Crippen LogP contribution is -2.46. The van der Waals surface area contributed by atoms with Crippen LogP contribution in [0.4, 0.5) is 0 Å². The Kier molecular flexibility index (Phi) is 5.28. The van der Waals surface area contributed by atoms with Crippen molar-refractivity contribution in [3.8, 4) is 5.75 Å². The molecule has 2 rings (SSSR count). The molecule has 21 heavy (non-hydrogen) atoms. The summed E-state index contributed by atoms with van der Waals surface area (Å²) in [6.45, 7) is 9.68. The normalized spacial score (nSPS) is 18.7. The van der Waals surface area contributed by atoms with Crippen LogP contribution in [0.15, 0.2) is 18.2 Å². The number of hydrogen-bond acceptors (Lipinski definition) is 3. The summed E-state index contributed by atoms with van der Waals surface area (Å²) in [4.78, 5) is 2.61. The number of hydrogen-bond donors (Lipinski definition) is 1. The molecule has 1 unspecified atom stereocenters. The Balaban J connectivity index is 2.11. The van der Waals surface area contributed by atoms with Crippen molar-refractivity contribution in [2.75, 3.05) is 26.7 Å². The molecule has 2 N–H and O–H groups in total. The Morgan fingerprint density at radius 1 is 1.33 bits per heavy atom. The van der Waals surface area contributed by atoms with E-state index in [0.717, 1.165) is 31.8 Å². The van der Waals surface area contributed by atoms with E-state index in [1.807, 2.05) is 0 Å². The zero-order chi connectivity index (χ0) is 15.5. The molecule has 1 aliphatic carbocycles. The first-order valence-corrected chi connectivity index (χ1v) is 8.09. The van der Waals surface area contributed by atoms with Gasteiger partial charge in [0.05, 0.1) is 7.11 Å². The molecule has 3 nitrogen and oxygen atoms in total. The molecule has 0 fully saturated rings. The summed E-state index contributed by atoms with van der Waals surface area (Å²) in [6.07, 6.45) is 3.54. The maximum atomic E-state index is 5.91. The number of likely N-dealkylation sites (N-methyl/N-ethyl adjacent to an activating group) is 1. The van der Waals surface area contributed by atoms with Gasteiger partial charge in [0, 0.05) is 12.6 Å². The van der Waals surface area contributed by atoms with Gasteiger partial charge in [-0.2, -0.15) is 0 Å². The topological polar surface area (TPSA) is 38.5 Å². The Morgan fingerprint density at radius 2 is 2.10 bits per heavy atom. The lowest BCUT2D eigenvalue weighted by Gasteiger charge is -2.39. The lowest BCUT2D eigenvalue weighted by atomic mass is 9.85. The first kappa shape index (κ1) is 16.3. The summed E-state index contributed by atoms with van der Waals surface area (Å²) in [7, 11) is 1.74. The third kappa shape index (κ3) is 3.98. The molecule has 0 aliphatic heterocycles. The third-order valence-electron chi connectivity index (χ3n) is 4.72. The second-order valence-electron chi connectivity index (χ2n) is 6.96. The molecule has 1 aromatic rings. The van der Waals surface area contributed by atoms with Crippen molar-refractivity contribution in [3.05, 3.63) is 29.3 Å². The molecule has 1 atom stereocenters. The van der Waals surface area contributed by atoms with Gasteiger partial charge in [-0.1, -0.05) is 26.8 Å². The minimum absolute atomic E-state index is 0.185. The molecule has 118 valence electrons. The first-order valence-electron chi connectivity index (χ1n) is 8.09. The van der Waals surface area contributed by atoms with Crippen molar-refractivity contribution < 1.29 is 4.74 Å². The maximum Gasteiger partial charge on any atom is 0.119 e. The molecule has 0 radical (unpaired) electrons. The summed E-state index contributed by atoms with van der Waals surface area (Å²) in [6, 6.07) is 7.14. The Hall–Kier alpha value is -1.06. The minimum atomic E-state index is 0.185. The highest BCUT2D eigenvalue weighted by Gasteiger charge is 2.27. The molecule has 1 aliphatic rings. The van der Waals surface area contributed by atoms with Crippen LogP contribution >= 0.6 is 0 Å². The predicted molar refractivity (Wildman–Crippen MR) is 88.9 cm³/mol. The van der Waals surface area contributed by atoms with E-state index in [1.165, 1.54) is 24.0 Å². The molecule has 0 aromatic heterocycles. The SMILES string of the molecule is CCN(CC(C)(C)CN)C1CCc2ccc(OC)cc2C1. The van der Waals surface area contributed by atoms with E-state index in [4.69, 9.17) is 10.5 Å². The maximum absolute atomic E-state index is 5.91. The number of nitrogens with zero attached hydrogens (tertiary/aromatic N) is 1. The molecule has 0 amide bonds. The second-order valence-corrected chi connectivity index (χ2v) is 6.96. The van der Waals surface area contributed by atoms with Gasteiger partial charge in [-0.25, -0.2) is 0 Å². The van der Waals surface area contributed by atoms with Crippen molar-refractivity contribution >= 4 is 0 Å². The zero-order valence-electron chi connectivity index (χ0n) is 14.0. The number of methoxy groups -OCH3 is 1. The summed E-state index contributed by atoms with van der Waals surface area (Å²) >= 11 is 0. The number of rotatable bonds is 6. The van der Waals surface area contributed by atoms with Crippen LogP contribution < -0.4 is 10.5 Å². The number of nitrogens with two attached hydrogens (primary N) is 1. The monoisotopic (exact) mass is 290 g/mol. The van der Waals surface area contributed by atoms with E-state index in [0.29, 0.717) is 6.04 Å². The first-order chi connectivity index (χ1) is 9.99. The summed E-state index contributed by atoms with van der Waals surface area (Å²) in [5, 5.41) is 0. The highest BCUT2D eigenvalue weighted by atomic mass is 16.5. The average molecular weight is 290 g/mol. The number of aryl methyl sites for hydroxylation is 1. The standard InChI is InChI=1S/C18H30N2O/c1-5-20(13-18(2,3)12-19)16-8-6-14-7-9-17(21-4)11-15(14)10-16/h7,9,11,16H,5-6,8,10,12-13,19H2,1-4H3. The van der Waals surface area contributed by atoms with Gasteiger partial charge in [0.25, 0.3) is 0 Å². The third-order valence-corrected chi connectivity index (χ3v) is 4.72. The van der Waals surface area contributed by atoms with Crippen molar-refractivity contribution in [1.82, 2.24) is 4.90 Å². The molecule has 0 saturated heterocycles. The molecule has 0 heterocycles. The van der Waals surface area contributed by atoms with Crippen molar-refractivity contribution in [1.29, 1.82) is 0 Å². The van der Waals surface area contributed by atoms with Crippen LogP contribution in [0, 0.1) is 5.41 Å². The van der Waals surface area contributed by atoms with Gasteiger partial charge < -0.3 is 10.5 Å². The molecular formula is C18H30N2O. The highest BCUT2D eigenvalue weighted by molar-refractivity contribution is 5.37. The van der Waals surface area contributed by atoms with Crippen LogP contribution in [-0.2, 0) is 12.8 Å². The fourth-order valence-electron chi connectivity index (χ4n) is 3.27. The predicted octanol–water partition coefficient (Wildman–Crippen LogP) is 2.86. The van der Waals surface area contributed by atoms with Gasteiger partial charge >= 0.3 is 0 Å². The highest BCUT2D eigenvalue weighted by Crippen LogP contribution is 2.29. The van der Waals surface area contributed by atoms with Crippen LogP contribution in [0.2, 0.25) is 0 Å². The van der Waals surface area contributed by atoms with Crippen LogP contribution in [-0.4, -0.2) is 37.7 Å². The number of fused-ring (bicyclic) bond motifs is 1. The molecular weight excluding hydrogens is 260 g/mol. The number of ether oxygens (including phenoxy) is 1. The van der Waals surface area contributed by atoms with Crippen molar-refractivity contribution in [2.45, 2.75) is 46.1 Å². The molecule has 3 heteroatoms. The van der Waals surface area contributed by atoms with E-state index in [2.05, 4.69) is 43.9 Å². The molecule has 1 aromatic carbocycles. The van der Waals surface area contributed by atoms with Gasteiger partial charge in [0.15, 0.2) is 0 Å². The molecule has 0 spiro atoms. The fraction of sp³-hybridized carbons (Fsp3) is 0.667. The van der Waals surface area contributed by atoms with E-state index in [1.54, 1.807) is 7.11 Å². The zero-order valence-corrected chi connectivity index (χ0v) is 14.0. The van der Waals surface area contributed by atoms with Crippen LogP contribution in [0.1, 0.15) is 38.3 Å². The van der Waals surface area contributed by atoms with Gasteiger partial charge in [-0.05, 0) is 61.0 Å². The average Bonchev–Trinajstić information content (AvgIpc) is 2.51. The van der Waals surface area contributed by atoms with Crippen LogP contribution in [0.25, 0.3) is 0 Å². The molecule has 0 bridgehead atoms. The van der Waals surface area contributed by atoms with Crippen LogP contribution in [0.3, 0.4) is 0 Å². The molecule has 0 saturated carbocycles. The van der Waals surface area contributed by atoms with Gasteiger partial charge in [-0.15, -0.1) is 0 Å². The van der Waals surface area contributed by atoms with Crippen molar-refractivity contribution in [3.63, 3.8) is 0 Å². The number of benzene rings is 1. The van der Waals surface area contributed by atoms with E-state index in [-0.39, 0.29) is 5.41 Å². The minimum Gasteiger partial charge on any atom is -0.497 e.